The minimum absolute atomic E-state index is 0.0395. The molecule has 1 saturated carbocycles. The number of nitrogens with one attached hydrogen (secondary N) is 3. The lowest BCUT2D eigenvalue weighted by atomic mass is 9.88. The Labute approximate surface area is 176 Å². The predicted molar refractivity (Wildman–Crippen MR) is 114 cm³/mol. The SMILES string of the molecule is COc1ccc(CC(=O)NNC(=O)c2ccc(NC(=O)C3CCCCC3)cc2)cc1. The monoisotopic (exact) mass is 409 g/mol. The molecule has 1 fully saturated rings. The molecule has 7 nitrogen and oxygen atoms in total. The average Bonchev–Trinajstić information content (AvgIpc) is 2.79. The quantitative estimate of drug-likeness (QED) is 0.638. The highest BCUT2D eigenvalue weighted by atomic mass is 16.5. The van der Waals surface area contributed by atoms with E-state index in [1.807, 2.05) is 0 Å². The lowest BCUT2D eigenvalue weighted by Gasteiger charge is -2.20. The summed E-state index contributed by atoms with van der Waals surface area (Å²) in [6.07, 6.45) is 5.40. The van der Waals surface area contributed by atoms with E-state index in [2.05, 4.69) is 16.2 Å². The van der Waals surface area contributed by atoms with E-state index in [0.717, 1.165) is 31.2 Å². The van der Waals surface area contributed by atoms with Crippen LogP contribution in [0.1, 0.15) is 48.0 Å². The standard InChI is InChI=1S/C23H27N3O4/c1-30-20-13-7-16(8-14-20)15-21(27)25-26-23(29)18-9-11-19(12-10-18)24-22(28)17-5-3-2-4-6-17/h7-14,17H,2-6,15H2,1H3,(H,24,28)(H,25,27)(H,26,29). The molecule has 0 heterocycles. The normalized spacial score (nSPS) is 13.9. The Hall–Kier alpha value is -3.35. The van der Waals surface area contributed by atoms with E-state index >= 15 is 0 Å². The second kappa shape index (κ2) is 10.4. The molecule has 1 aliphatic rings. The van der Waals surface area contributed by atoms with Gasteiger partial charge in [0.05, 0.1) is 13.5 Å². The van der Waals surface area contributed by atoms with E-state index in [-0.39, 0.29) is 24.2 Å². The fourth-order valence-electron chi connectivity index (χ4n) is 3.49. The molecule has 0 aromatic heterocycles. The highest BCUT2D eigenvalue weighted by Crippen LogP contribution is 2.25. The molecule has 7 heteroatoms. The van der Waals surface area contributed by atoms with Crippen molar-refractivity contribution in [3.05, 3.63) is 59.7 Å². The molecule has 0 bridgehead atoms. The van der Waals surface area contributed by atoms with E-state index in [1.165, 1.54) is 6.42 Å². The minimum Gasteiger partial charge on any atom is -0.497 e. The summed E-state index contributed by atoms with van der Waals surface area (Å²) in [5.41, 5.74) is 6.66. The third-order valence-corrected chi connectivity index (χ3v) is 5.23. The molecule has 0 atom stereocenters. The molecule has 2 aromatic rings. The number of carbonyl (C=O) groups is 3. The Balaban J connectivity index is 1.45. The summed E-state index contributed by atoms with van der Waals surface area (Å²) in [6, 6.07) is 13.7. The van der Waals surface area contributed by atoms with Gasteiger partial charge in [-0.3, -0.25) is 25.2 Å². The van der Waals surface area contributed by atoms with Crippen LogP contribution in [0.2, 0.25) is 0 Å². The van der Waals surface area contributed by atoms with Gasteiger partial charge in [0.2, 0.25) is 11.8 Å². The van der Waals surface area contributed by atoms with E-state index in [1.54, 1.807) is 55.6 Å². The van der Waals surface area contributed by atoms with Gasteiger partial charge in [-0.1, -0.05) is 31.4 Å². The van der Waals surface area contributed by atoms with Crippen molar-refractivity contribution in [1.82, 2.24) is 10.9 Å². The lowest BCUT2D eigenvalue weighted by Crippen LogP contribution is -2.42. The number of benzene rings is 2. The van der Waals surface area contributed by atoms with Gasteiger partial charge in [0.15, 0.2) is 0 Å². The molecule has 0 saturated heterocycles. The fourth-order valence-corrected chi connectivity index (χ4v) is 3.49. The molecule has 0 radical (unpaired) electrons. The number of methoxy groups -OCH3 is 1. The Morgan fingerprint density at radius 2 is 1.57 bits per heavy atom. The van der Waals surface area contributed by atoms with Crippen LogP contribution in [-0.2, 0) is 16.0 Å². The molecular weight excluding hydrogens is 382 g/mol. The molecule has 158 valence electrons. The summed E-state index contributed by atoms with van der Waals surface area (Å²) in [7, 11) is 1.58. The summed E-state index contributed by atoms with van der Waals surface area (Å²) < 4.78 is 5.08. The van der Waals surface area contributed by atoms with Crippen LogP contribution in [-0.4, -0.2) is 24.8 Å². The van der Waals surface area contributed by atoms with Crippen molar-refractivity contribution >= 4 is 23.4 Å². The predicted octanol–water partition coefficient (Wildman–Crippen LogP) is 3.22. The van der Waals surface area contributed by atoms with Crippen LogP contribution < -0.4 is 20.9 Å². The number of anilines is 1. The van der Waals surface area contributed by atoms with Crippen molar-refractivity contribution in [1.29, 1.82) is 0 Å². The molecule has 0 spiro atoms. The van der Waals surface area contributed by atoms with E-state index in [9.17, 15) is 14.4 Å². The van der Waals surface area contributed by atoms with Crippen LogP contribution in [0.15, 0.2) is 48.5 Å². The number of amides is 3. The second-order valence-electron chi connectivity index (χ2n) is 7.43. The number of carbonyl (C=O) groups excluding carboxylic acids is 3. The van der Waals surface area contributed by atoms with E-state index in [4.69, 9.17) is 4.74 Å². The third kappa shape index (κ3) is 6.07. The molecule has 0 aliphatic heterocycles. The largest absolute Gasteiger partial charge is 0.497 e. The number of rotatable bonds is 6. The maximum absolute atomic E-state index is 12.3. The van der Waals surface area contributed by atoms with Gasteiger partial charge in [0, 0.05) is 17.2 Å². The Kier molecular flexibility index (Phi) is 7.43. The smallest absolute Gasteiger partial charge is 0.269 e. The Morgan fingerprint density at radius 3 is 2.20 bits per heavy atom. The number of hydrazine groups is 1. The van der Waals surface area contributed by atoms with Gasteiger partial charge in [0.25, 0.3) is 5.91 Å². The number of hydrogen-bond acceptors (Lipinski definition) is 4. The minimum atomic E-state index is -0.428. The average molecular weight is 409 g/mol. The van der Waals surface area contributed by atoms with E-state index in [0.29, 0.717) is 17.0 Å². The molecule has 30 heavy (non-hydrogen) atoms. The summed E-state index contributed by atoms with van der Waals surface area (Å²) in [4.78, 5) is 36.6. The van der Waals surface area contributed by atoms with Gasteiger partial charge < -0.3 is 10.1 Å². The van der Waals surface area contributed by atoms with Crippen molar-refractivity contribution in [3.8, 4) is 5.75 Å². The van der Waals surface area contributed by atoms with Crippen LogP contribution in [0.3, 0.4) is 0 Å². The van der Waals surface area contributed by atoms with Crippen LogP contribution in [0.5, 0.6) is 5.75 Å². The maximum atomic E-state index is 12.3. The Morgan fingerprint density at radius 1 is 0.900 bits per heavy atom. The first kappa shape index (κ1) is 21.4. The van der Waals surface area contributed by atoms with Gasteiger partial charge in [-0.05, 0) is 54.8 Å². The van der Waals surface area contributed by atoms with Crippen molar-refractivity contribution in [2.45, 2.75) is 38.5 Å². The van der Waals surface area contributed by atoms with Gasteiger partial charge in [0.1, 0.15) is 5.75 Å². The molecule has 3 amide bonds. The van der Waals surface area contributed by atoms with Crippen molar-refractivity contribution in [2.24, 2.45) is 5.92 Å². The van der Waals surface area contributed by atoms with Gasteiger partial charge in [-0.15, -0.1) is 0 Å². The van der Waals surface area contributed by atoms with Crippen LogP contribution in [0.25, 0.3) is 0 Å². The zero-order valence-corrected chi connectivity index (χ0v) is 17.1. The van der Waals surface area contributed by atoms with Crippen LogP contribution in [0, 0.1) is 5.92 Å². The van der Waals surface area contributed by atoms with Crippen LogP contribution >= 0.6 is 0 Å². The number of ether oxygens (including phenoxy) is 1. The third-order valence-electron chi connectivity index (χ3n) is 5.23. The highest BCUT2D eigenvalue weighted by Gasteiger charge is 2.21. The van der Waals surface area contributed by atoms with Gasteiger partial charge in [-0.2, -0.15) is 0 Å². The second-order valence-corrected chi connectivity index (χ2v) is 7.43. The van der Waals surface area contributed by atoms with Crippen molar-refractivity contribution in [3.63, 3.8) is 0 Å². The molecular formula is C23H27N3O4. The lowest BCUT2D eigenvalue weighted by molar-refractivity contribution is -0.121. The first-order valence-electron chi connectivity index (χ1n) is 10.2. The number of hydrogen-bond donors (Lipinski definition) is 3. The zero-order chi connectivity index (χ0) is 21.3. The van der Waals surface area contributed by atoms with Crippen LogP contribution in [0.4, 0.5) is 5.69 Å². The van der Waals surface area contributed by atoms with Gasteiger partial charge in [-0.25, -0.2) is 0 Å². The summed E-state index contributed by atoms with van der Waals surface area (Å²) >= 11 is 0. The molecule has 1 aliphatic carbocycles. The summed E-state index contributed by atoms with van der Waals surface area (Å²) in [6.45, 7) is 0. The first-order valence-corrected chi connectivity index (χ1v) is 10.2. The maximum Gasteiger partial charge on any atom is 0.269 e. The first-order chi connectivity index (χ1) is 14.5. The molecule has 3 rings (SSSR count). The molecule has 0 unspecified atom stereocenters. The summed E-state index contributed by atoms with van der Waals surface area (Å²) in [5, 5.41) is 2.91. The summed E-state index contributed by atoms with van der Waals surface area (Å²) in [5.74, 6) is 0.0688. The molecule has 2 aromatic carbocycles. The van der Waals surface area contributed by atoms with Crippen molar-refractivity contribution < 1.29 is 19.1 Å². The van der Waals surface area contributed by atoms with Gasteiger partial charge >= 0.3 is 0 Å². The van der Waals surface area contributed by atoms with Crippen molar-refractivity contribution in [2.75, 3.05) is 12.4 Å². The Bertz CT molecular complexity index is 872. The highest BCUT2D eigenvalue weighted by molar-refractivity contribution is 5.97. The fraction of sp³-hybridized carbons (Fsp3) is 0.348. The molecule has 3 N–H and O–H groups in total. The van der Waals surface area contributed by atoms with E-state index < -0.39 is 5.91 Å². The topological polar surface area (TPSA) is 96.5 Å². The zero-order valence-electron chi connectivity index (χ0n) is 17.1.